The van der Waals surface area contributed by atoms with Gasteiger partial charge < -0.3 is 14.7 Å². The largest absolute Gasteiger partial charge is 0.479 e. The minimum atomic E-state index is -1.10. The highest BCUT2D eigenvalue weighted by molar-refractivity contribution is 6.30. The van der Waals surface area contributed by atoms with Gasteiger partial charge in [0.15, 0.2) is 6.10 Å². The number of halogens is 1. The van der Waals surface area contributed by atoms with E-state index in [0.717, 1.165) is 27.5 Å². The molecule has 0 aromatic heterocycles. The maximum Gasteiger partial charge on any atom is 0.337 e. The molecule has 0 saturated heterocycles. The van der Waals surface area contributed by atoms with Crippen LogP contribution in [0.2, 0.25) is 5.02 Å². The lowest BCUT2D eigenvalue weighted by Gasteiger charge is -2.29. The molecular weight excluding hydrogens is 398 g/mol. The van der Waals surface area contributed by atoms with Crippen LogP contribution in [0.3, 0.4) is 0 Å². The number of ether oxygens (including phenoxy) is 1. The van der Waals surface area contributed by atoms with Crippen LogP contribution in [-0.4, -0.2) is 35.7 Å². The molecule has 3 aromatic carbocycles. The highest BCUT2D eigenvalue weighted by Gasteiger charge is 2.32. The summed E-state index contributed by atoms with van der Waals surface area (Å²) in [5, 5.41) is 12.9. The van der Waals surface area contributed by atoms with E-state index in [1.165, 1.54) is 0 Å². The summed E-state index contributed by atoms with van der Waals surface area (Å²) in [7, 11) is 3.95. The van der Waals surface area contributed by atoms with Crippen molar-refractivity contribution < 1.29 is 14.6 Å². The summed E-state index contributed by atoms with van der Waals surface area (Å²) in [5.41, 5.74) is 2.78. The normalized spacial score (nSPS) is 13.0. The highest BCUT2D eigenvalue weighted by Crippen LogP contribution is 2.41. The first kappa shape index (κ1) is 22.3. The van der Waals surface area contributed by atoms with E-state index in [1.807, 2.05) is 82.2 Å². The van der Waals surface area contributed by atoms with Gasteiger partial charge in [0.2, 0.25) is 0 Å². The van der Waals surface area contributed by atoms with Crippen LogP contribution in [0.1, 0.15) is 38.0 Å². The zero-order chi connectivity index (χ0) is 22.1. The Hall–Kier alpha value is -2.40. The first-order valence-electron chi connectivity index (χ1n) is 9.92. The molecule has 5 heteroatoms. The molecule has 0 heterocycles. The zero-order valence-electron chi connectivity index (χ0n) is 18.1. The van der Waals surface area contributed by atoms with Crippen molar-refractivity contribution in [1.82, 2.24) is 4.90 Å². The minimum Gasteiger partial charge on any atom is -0.479 e. The SMILES string of the molecule is CN(C)Cc1cc2ccccc2c(-c2ccc(Cl)cc2)c1C(OC(C)(C)C)C(=O)O. The van der Waals surface area contributed by atoms with E-state index in [1.54, 1.807) is 0 Å². The van der Waals surface area contributed by atoms with E-state index in [-0.39, 0.29) is 0 Å². The molecule has 0 spiro atoms. The van der Waals surface area contributed by atoms with Gasteiger partial charge in [0, 0.05) is 17.1 Å². The predicted molar refractivity (Wildman–Crippen MR) is 123 cm³/mol. The van der Waals surface area contributed by atoms with Gasteiger partial charge in [-0.25, -0.2) is 4.79 Å². The molecule has 0 fully saturated rings. The van der Waals surface area contributed by atoms with Crippen LogP contribution in [0, 0.1) is 0 Å². The number of nitrogens with zero attached hydrogens (tertiary/aromatic N) is 1. The van der Waals surface area contributed by atoms with Crippen molar-refractivity contribution in [3.05, 3.63) is 70.7 Å². The molecule has 0 amide bonds. The third-order valence-electron chi connectivity index (χ3n) is 4.75. The Labute approximate surface area is 183 Å². The molecular formula is C25H28ClNO3. The molecule has 0 aliphatic rings. The molecule has 1 atom stereocenters. The fourth-order valence-corrected chi connectivity index (χ4v) is 3.83. The standard InChI is InChI=1S/C25H28ClNO3/c1-25(2,3)30-23(24(28)29)22-18(15-27(4)5)14-17-8-6-7-9-20(17)21(22)16-10-12-19(26)13-11-16/h6-14,23H,15H2,1-5H3,(H,28,29). The second-order valence-corrected chi connectivity index (χ2v) is 9.18. The molecule has 0 bridgehead atoms. The fourth-order valence-electron chi connectivity index (χ4n) is 3.71. The molecule has 30 heavy (non-hydrogen) atoms. The van der Waals surface area contributed by atoms with Crippen molar-refractivity contribution in [2.24, 2.45) is 0 Å². The van der Waals surface area contributed by atoms with Gasteiger partial charge in [-0.15, -0.1) is 0 Å². The summed E-state index contributed by atoms with van der Waals surface area (Å²) in [4.78, 5) is 14.5. The quantitative estimate of drug-likeness (QED) is 0.513. The average molecular weight is 426 g/mol. The molecule has 3 rings (SSSR count). The smallest absolute Gasteiger partial charge is 0.337 e. The number of carbonyl (C=O) groups is 1. The van der Waals surface area contributed by atoms with Crippen LogP contribution in [0.4, 0.5) is 0 Å². The maximum absolute atomic E-state index is 12.4. The second-order valence-electron chi connectivity index (χ2n) is 8.74. The molecule has 0 saturated carbocycles. The first-order valence-corrected chi connectivity index (χ1v) is 10.3. The Morgan fingerprint density at radius 1 is 1.10 bits per heavy atom. The molecule has 3 aromatic rings. The number of carboxylic acids is 1. The summed E-state index contributed by atoms with van der Waals surface area (Å²) in [6.07, 6.45) is -1.10. The number of aliphatic carboxylic acids is 1. The van der Waals surface area contributed by atoms with Crippen LogP contribution in [0.15, 0.2) is 54.6 Å². The zero-order valence-corrected chi connectivity index (χ0v) is 18.8. The Morgan fingerprint density at radius 2 is 1.73 bits per heavy atom. The van der Waals surface area contributed by atoms with Gasteiger partial charge in [-0.3, -0.25) is 0 Å². The molecule has 1 N–H and O–H groups in total. The lowest BCUT2D eigenvalue weighted by Crippen LogP contribution is -2.29. The van der Waals surface area contributed by atoms with Gasteiger partial charge in [-0.2, -0.15) is 0 Å². The number of hydrogen-bond donors (Lipinski definition) is 1. The third kappa shape index (κ3) is 5.01. The topological polar surface area (TPSA) is 49.8 Å². The van der Waals surface area contributed by atoms with Crippen LogP contribution in [-0.2, 0) is 16.1 Å². The molecule has 158 valence electrons. The summed E-state index contributed by atoms with van der Waals surface area (Å²) in [6, 6.07) is 17.6. The Bertz CT molecular complexity index is 1050. The predicted octanol–water partition coefficient (Wildman–Crippen LogP) is 6.16. The van der Waals surface area contributed by atoms with E-state index < -0.39 is 17.7 Å². The number of carboxylic acid groups (broad SMARTS) is 1. The van der Waals surface area contributed by atoms with Gasteiger partial charge in [-0.05, 0) is 80.5 Å². The van der Waals surface area contributed by atoms with Crippen molar-refractivity contribution in [2.75, 3.05) is 14.1 Å². The minimum absolute atomic E-state index is 0.595. The summed E-state index contributed by atoms with van der Waals surface area (Å²) in [6.45, 7) is 6.21. The summed E-state index contributed by atoms with van der Waals surface area (Å²) < 4.78 is 6.10. The Balaban J connectivity index is 2.42. The number of fused-ring (bicyclic) bond motifs is 1. The monoisotopic (exact) mass is 425 g/mol. The molecule has 0 radical (unpaired) electrons. The Kier molecular flexibility index (Phi) is 6.51. The number of benzene rings is 3. The van der Waals surface area contributed by atoms with Crippen LogP contribution < -0.4 is 0 Å². The maximum atomic E-state index is 12.4. The molecule has 1 unspecified atom stereocenters. The molecule has 0 aliphatic heterocycles. The number of rotatable bonds is 6. The number of hydrogen-bond acceptors (Lipinski definition) is 3. The average Bonchev–Trinajstić information content (AvgIpc) is 2.65. The van der Waals surface area contributed by atoms with E-state index in [0.29, 0.717) is 17.1 Å². The van der Waals surface area contributed by atoms with E-state index in [9.17, 15) is 9.90 Å². The summed E-state index contributed by atoms with van der Waals surface area (Å²) in [5.74, 6) is -1.00. The van der Waals surface area contributed by atoms with Gasteiger partial charge in [0.05, 0.1) is 5.60 Å². The molecule has 4 nitrogen and oxygen atoms in total. The van der Waals surface area contributed by atoms with Crippen molar-refractivity contribution >= 4 is 28.3 Å². The lowest BCUT2D eigenvalue weighted by atomic mass is 9.86. The third-order valence-corrected chi connectivity index (χ3v) is 5.00. The van der Waals surface area contributed by atoms with Gasteiger partial charge in [0.25, 0.3) is 0 Å². The Morgan fingerprint density at radius 3 is 2.30 bits per heavy atom. The first-order chi connectivity index (χ1) is 14.1. The van der Waals surface area contributed by atoms with Crippen LogP contribution >= 0.6 is 11.6 Å². The highest BCUT2D eigenvalue weighted by atomic mass is 35.5. The van der Waals surface area contributed by atoms with Crippen molar-refractivity contribution in [3.8, 4) is 11.1 Å². The van der Waals surface area contributed by atoms with Crippen molar-refractivity contribution in [1.29, 1.82) is 0 Å². The van der Waals surface area contributed by atoms with Crippen LogP contribution in [0.5, 0.6) is 0 Å². The van der Waals surface area contributed by atoms with Gasteiger partial charge in [-0.1, -0.05) is 48.0 Å². The van der Waals surface area contributed by atoms with E-state index in [4.69, 9.17) is 16.3 Å². The fraction of sp³-hybridized carbons (Fsp3) is 0.320. The summed E-state index contributed by atoms with van der Waals surface area (Å²) >= 11 is 6.13. The second kappa shape index (κ2) is 8.76. The molecule has 0 aliphatic carbocycles. The van der Waals surface area contributed by atoms with Crippen molar-refractivity contribution in [2.45, 2.75) is 39.0 Å². The van der Waals surface area contributed by atoms with Gasteiger partial charge in [0.1, 0.15) is 0 Å². The van der Waals surface area contributed by atoms with E-state index >= 15 is 0 Å². The van der Waals surface area contributed by atoms with E-state index in [2.05, 4.69) is 12.1 Å². The van der Waals surface area contributed by atoms with Crippen LogP contribution in [0.25, 0.3) is 21.9 Å². The lowest BCUT2D eigenvalue weighted by molar-refractivity contribution is -0.160. The van der Waals surface area contributed by atoms with Crippen molar-refractivity contribution in [3.63, 3.8) is 0 Å². The van der Waals surface area contributed by atoms with Gasteiger partial charge >= 0.3 is 5.97 Å².